The van der Waals surface area contributed by atoms with E-state index in [2.05, 4.69) is 12.1 Å². The van der Waals surface area contributed by atoms with E-state index in [-0.39, 0.29) is 12.0 Å². The van der Waals surface area contributed by atoms with Gasteiger partial charge < -0.3 is 14.4 Å². The lowest BCUT2D eigenvalue weighted by Gasteiger charge is -2.33. The molecule has 26 heavy (non-hydrogen) atoms. The number of ether oxygens (including phenoxy) is 2. The molecule has 1 unspecified atom stereocenters. The number of piperidine rings is 1. The third kappa shape index (κ3) is 5.23. The third-order valence-corrected chi connectivity index (χ3v) is 4.81. The van der Waals surface area contributed by atoms with Crippen molar-refractivity contribution in [1.82, 2.24) is 4.90 Å². The summed E-state index contributed by atoms with van der Waals surface area (Å²) in [6.07, 6.45) is 1.39. The van der Waals surface area contributed by atoms with Crippen LogP contribution < -0.4 is 4.74 Å². The second kappa shape index (κ2) is 9.06. The highest BCUT2D eigenvalue weighted by Crippen LogP contribution is 2.20. The summed E-state index contributed by atoms with van der Waals surface area (Å²) < 4.78 is 11.7. The number of hydrogen-bond acceptors (Lipinski definition) is 3. The Kier molecular flexibility index (Phi) is 6.53. The van der Waals surface area contributed by atoms with Gasteiger partial charge in [-0.15, -0.1) is 0 Å². The molecule has 1 fully saturated rings. The van der Waals surface area contributed by atoms with Crippen LogP contribution in [0.1, 0.15) is 25.3 Å². The number of rotatable bonds is 6. The Morgan fingerprint density at radius 3 is 2.42 bits per heavy atom. The van der Waals surface area contributed by atoms with Gasteiger partial charge in [-0.2, -0.15) is 0 Å². The first-order valence-electron chi connectivity index (χ1n) is 8.98. The van der Waals surface area contributed by atoms with Crippen LogP contribution in [-0.2, 0) is 16.1 Å². The molecule has 2 aromatic carbocycles. The van der Waals surface area contributed by atoms with E-state index in [1.807, 2.05) is 23.1 Å². The van der Waals surface area contributed by atoms with Crippen LogP contribution in [0.3, 0.4) is 0 Å². The Hall–Kier alpha value is -2.04. The Labute approximate surface area is 159 Å². The summed E-state index contributed by atoms with van der Waals surface area (Å²) in [6, 6.07) is 17.2. The lowest BCUT2D eigenvalue weighted by atomic mass is 10.1. The molecule has 1 aliphatic heterocycles. The van der Waals surface area contributed by atoms with Gasteiger partial charge in [-0.1, -0.05) is 41.9 Å². The molecular formula is C21H24ClNO3. The molecule has 4 nitrogen and oxygen atoms in total. The van der Waals surface area contributed by atoms with Crippen molar-refractivity contribution in [3.63, 3.8) is 0 Å². The molecule has 3 rings (SSSR count). The van der Waals surface area contributed by atoms with Crippen molar-refractivity contribution in [1.29, 1.82) is 0 Å². The van der Waals surface area contributed by atoms with Gasteiger partial charge in [0.25, 0.3) is 5.91 Å². The van der Waals surface area contributed by atoms with Crippen LogP contribution in [0.4, 0.5) is 0 Å². The van der Waals surface area contributed by atoms with Crippen molar-refractivity contribution in [2.75, 3.05) is 13.1 Å². The van der Waals surface area contributed by atoms with Gasteiger partial charge >= 0.3 is 0 Å². The molecule has 0 aromatic heterocycles. The number of amides is 1. The highest BCUT2D eigenvalue weighted by molar-refractivity contribution is 6.30. The van der Waals surface area contributed by atoms with Crippen molar-refractivity contribution < 1.29 is 14.3 Å². The zero-order valence-corrected chi connectivity index (χ0v) is 15.7. The average molecular weight is 374 g/mol. The minimum atomic E-state index is -0.516. The minimum Gasteiger partial charge on any atom is -0.481 e. The number of carbonyl (C=O) groups excluding carboxylic acids is 1. The van der Waals surface area contributed by atoms with Gasteiger partial charge in [0.2, 0.25) is 0 Å². The van der Waals surface area contributed by atoms with Gasteiger partial charge in [0.1, 0.15) is 5.75 Å². The maximum absolute atomic E-state index is 12.6. The highest BCUT2D eigenvalue weighted by atomic mass is 35.5. The maximum atomic E-state index is 12.6. The normalized spacial score (nSPS) is 16.3. The molecule has 1 heterocycles. The first kappa shape index (κ1) is 18.7. The molecule has 1 aliphatic rings. The lowest BCUT2D eigenvalue weighted by Crippen LogP contribution is -2.46. The summed E-state index contributed by atoms with van der Waals surface area (Å²) in [5, 5.41) is 0.647. The van der Waals surface area contributed by atoms with Crippen LogP contribution in [0.25, 0.3) is 0 Å². The van der Waals surface area contributed by atoms with E-state index in [1.54, 1.807) is 31.2 Å². The zero-order valence-electron chi connectivity index (χ0n) is 14.9. The lowest BCUT2D eigenvalue weighted by molar-refractivity contribution is -0.140. The van der Waals surface area contributed by atoms with Crippen molar-refractivity contribution in [2.45, 2.75) is 38.6 Å². The molecule has 0 radical (unpaired) electrons. The second-order valence-electron chi connectivity index (χ2n) is 6.54. The van der Waals surface area contributed by atoms with Crippen molar-refractivity contribution in [2.24, 2.45) is 0 Å². The Balaban J connectivity index is 1.43. The van der Waals surface area contributed by atoms with E-state index in [9.17, 15) is 4.79 Å². The fourth-order valence-electron chi connectivity index (χ4n) is 3.06. The Bertz CT molecular complexity index is 697. The molecule has 0 aliphatic carbocycles. The second-order valence-corrected chi connectivity index (χ2v) is 6.97. The quantitative estimate of drug-likeness (QED) is 0.757. The van der Waals surface area contributed by atoms with Gasteiger partial charge in [0, 0.05) is 18.1 Å². The van der Waals surface area contributed by atoms with Gasteiger partial charge in [0.15, 0.2) is 6.10 Å². The van der Waals surface area contributed by atoms with E-state index >= 15 is 0 Å². The van der Waals surface area contributed by atoms with Crippen molar-refractivity contribution in [3.8, 4) is 5.75 Å². The molecule has 138 valence electrons. The number of carbonyl (C=O) groups is 1. The molecule has 0 spiro atoms. The molecule has 0 saturated carbocycles. The van der Waals surface area contributed by atoms with E-state index in [0.29, 0.717) is 30.5 Å². The zero-order chi connectivity index (χ0) is 18.4. The highest BCUT2D eigenvalue weighted by Gasteiger charge is 2.27. The third-order valence-electron chi connectivity index (χ3n) is 4.56. The molecule has 1 amide bonds. The Morgan fingerprint density at radius 1 is 1.12 bits per heavy atom. The van der Waals surface area contributed by atoms with E-state index < -0.39 is 6.10 Å². The predicted molar refractivity (Wildman–Crippen MR) is 102 cm³/mol. The number of nitrogens with zero attached hydrogens (tertiary/aromatic N) is 1. The molecule has 2 aromatic rings. The summed E-state index contributed by atoms with van der Waals surface area (Å²) >= 11 is 5.87. The largest absolute Gasteiger partial charge is 0.481 e. The van der Waals surface area contributed by atoms with E-state index in [4.69, 9.17) is 21.1 Å². The topological polar surface area (TPSA) is 38.8 Å². The Morgan fingerprint density at radius 2 is 1.77 bits per heavy atom. The van der Waals surface area contributed by atoms with Gasteiger partial charge in [-0.3, -0.25) is 4.79 Å². The average Bonchev–Trinajstić information content (AvgIpc) is 2.69. The van der Waals surface area contributed by atoms with Gasteiger partial charge in [0.05, 0.1) is 12.7 Å². The number of benzene rings is 2. The van der Waals surface area contributed by atoms with E-state index in [0.717, 1.165) is 12.8 Å². The minimum absolute atomic E-state index is 0.0152. The monoisotopic (exact) mass is 373 g/mol. The van der Waals surface area contributed by atoms with Gasteiger partial charge in [-0.25, -0.2) is 0 Å². The molecule has 1 atom stereocenters. The van der Waals surface area contributed by atoms with Crippen LogP contribution in [0, 0.1) is 0 Å². The maximum Gasteiger partial charge on any atom is 0.263 e. The van der Waals surface area contributed by atoms with Crippen molar-refractivity contribution >= 4 is 17.5 Å². The molecular weight excluding hydrogens is 350 g/mol. The number of hydrogen-bond donors (Lipinski definition) is 0. The summed E-state index contributed by atoms with van der Waals surface area (Å²) in [7, 11) is 0. The van der Waals surface area contributed by atoms with Crippen LogP contribution in [-0.4, -0.2) is 36.1 Å². The fraction of sp³-hybridized carbons (Fsp3) is 0.381. The summed E-state index contributed by atoms with van der Waals surface area (Å²) in [6.45, 7) is 3.81. The van der Waals surface area contributed by atoms with Crippen molar-refractivity contribution in [3.05, 3.63) is 65.2 Å². The van der Waals surface area contributed by atoms with Crippen LogP contribution in [0.2, 0.25) is 5.02 Å². The standard InChI is InChI=1S/C21H24ClNO3/c1-16(26-20-9-7-18(22)8-10-20)21(24)23-13-11-19(12-14-23)25-15-17-5-3-2-4-6-17/h2-10,16,19H,11-15H2,1H3. The first-order valence-corrected chi connectivity index (χ1v) is 9.36. The fourth-order valence-corrected chi connectivity index (χ4v) is 3.18. The SMILES string of the molecule is CC(Oc1ccc(Cl)cc1)C(=O)N1CCC(OCc2ccccc2)CC1. The van der Waals surface area contributed by atoms with Crippen LogP contribution in [0.5, 0.6) is 5.75 Å². The molecule has 0 N–H and O–H groups in total. The predicted octanol–water partition coefficient (Wildman–Crippen LogP) is 4.32. The summed E-state index contributed by atoms with van der Waals surface area (Å²) in [4.78, 5) is 14.5. The number of halogens is 1. The molecule has 5 heteroatoms. The molecule has 1 saturated heterocycles. The molecule has 0 bridgehead atoms. The summed E-state index contributed by atoms with van der Waals surface area (Å²) in [5.41, 5.74) is 1.18. The van der Waals surface area contributed by atoms with Gasteiger partial charge in [-0.05, 0) is 49.6 Å². The first-order chi connectivity index (χ1) is 12.6. The number of likely N-dealkylation sites (tertiary alicyclic amines) is 1. The smallest absolute Gasteiger partial charge is 0.263 e. The van der Waals surface area contributed by atoms with Crippen LogP contribution in [0.15, 0.2) is 54.6 Å². The van der Waals surface area contributed by atoms with E-state index in [1.165, 1.54) is 5.56 Å². The summed E-state index contributed by atoms with van der Waals surface area (Å²) in [5.74, 6) is 0.665. The van der Waals surface area contributed by atoms with Crippen LogP contribution >= 0.6 is 11.6 Å².